The van der Waals surface area contributed by atoms with Crippen LogP contribution in [0.1, 0.15) is 25.0 Å². The molecular weight excluding hydrogens is 326 g/mol. The minimum atomic E-state index is 1.20. The third kappa shape index (κ3) is 2.80. The van der Waals surface area contributed by atoms with Crippen LogP contribution < -0.4 is 0 Å². The van der Waals surface area contributed by atoms with Crippen molar-refractivity contribution in [1.29, 1.82) is 0 Å². The molecule has 0 amide bonds. The summed E-state index contributed by atoms with van der Waals surface area (Å²) in [7, 11) is 0. The van der Waals surface area contributed by atoms with Gasteiger partial charge >= 0.3 is 0 Å². The number of aromatic amines is 1. The molecule has 1 heterocycles. The average molecular weight is 351 g/mol. The summed E-state index contributed by atoms with van der Waals surface area (Å²) in [5.41, 5.74) is 7.70. The highest BCUT2D eigenvalue weighted by Gasteiger charge is 2.12. The summed E-state index contributed by atoms with van der Waals surface area (Å²) in [5.74, 6) is 0. The van der Waals surface area contributed by atoms with E-state index >= 15 is 0 Å². The standard InChI is InChI=1S/C24H19N.C2H6/c1-15-13-24-22(20-9-5-6-10-23(20)25-24)14-21(15)19-12-11-17-7-3-4-8-18(17)16(19)2;1-2/h3-14,25H,1-2H3;1-2H3. The fourth-order valence-electron chi connectivity index (χ4n) is 4.02. The minimum Gasteiger partial charge on any atom is -0.355 e. The summed E-state index contributed by atoms with van der Waals surface area (Å²) in [4.78, 5) is 3.54. The smallest absolute Gasteiger partial charge is 0.0467 e. The number of fused-ring (bicyclic) bond motifs is 4. The molecule has 0 radical (unpaired) electrons. The molecule has 0 aliphatic heterocycles. The zero-order chi connectivity index (χ0) is 19.0. The average Bonchev–Trinajstić information content (AvgIpc) is 3.07. The van der Waals surface area contributed by atoms with Gasteiger partial charge in [-0.3, -0.25) is 0 Å². The molecule has 4 aromatic carbocycles. The van der Waals surface area contributed by atoms with Gasteiger partial charge < -0.3 is 4.98 Å². The highest BCUT2D eigenvalue weighted by atomic mass is 14.7. The molecule has 0 atom stereocenters. The van der Waals surface area contributed by atoms with Crippen LogP contribution in [0.3, 0.4) is 0 Å². The first kappa shape index (κ1) is 17.4. The molecule has 0 spiro atoms. The third-order valence-electron chi connectivity index (χ3n) is 5.34. The molecular formula is C26H25N. The highest BCUT2D eigenvalue weighted by Crippen LogP contribution is 2.36. The number of aromatic nitrogens is 1. The molecule has 0 aliphatic rings. The number of aryl methyl sites for hydroxylation is 2. The van der Waals surface area contributed by atoms with Crippen molar-refractivity contribution in [3.63, 3.8) is 0 Å². The van der Waals surface area contributed by atoms with E-state index < -0.39 is 0 Å². The zero-order valence-corrected chi connectivity index (χ0v) is 16.4. The number of H-pyrrole nitrogens is 1. The fourth-order valence-corrected chi connectivity index (χ4v) is 4.02. The normalized spacial score (nSPS) is 11.0. The lowest BCUT2D eigenvalue weighted by Gasteiger charge is -2.13. The van der Waals surface area contributed by atoms with Crippen molar-refractivity contribution in [2.24, 2.45) is 0 Å². The first-order valence-electron chi connectivity index (χ1n) is 9.72. The van der Waals surface area contributed by atoms with Crippen LogP contribution in [0.4, 0.5) is 0 Å². The Hall–Kier alpha value is -3.06. The Labute approximate surface area is 160 Å². The molecule has 0 saturated heterocycles. The molecule has 0 aliphatic carbocycles. The largest absolute Gasteiger partial charge is 0.355 e. The monoisotopic (exact) mass is 351 g/mol. The Morgan fingerprint density at radius 3 is 2.11 bits per heavy atom. The summed E-state index contributed by atoms with van der Waals surface area (Å²) in [6.07, 6.45) is 0. The van der Waals surface area contributed by atoms with E-state index in [1.807, 2.05) is 13.8 Å². The number of nitrogens with one attached hydrogen (secondary N) is 1. The van der Waals surface area contributed by atoms with E-state index in [9.17, 15) is 0 Å². The van der Waals surface area contributed by atoms with Crippen molar-refractivity contribution >= 4 is 32.6 Å². The van der Waals surface area contributed by atoms with Crippen molar-refractivity contribution in [3.8, 4) is 11.1 Å². The van der Waals surface area contributed by atoms with Gasteiger partial charge in [-0.2, -0.15) is 0 Å². The maximum atomic E-state index is 3.54. The van der Waals surface area contributed by atoms with Crippen LogP contribution in [0.25, 0.3) is 43.7 Å². The van der Waals surface area contributed by atoms with Gasteiger partial charge in [-0.25, -0.2) is 0 Å². The topological polar surface area (TPSA) is 15.8 Å². The van der Waals surface area contributed by atoms with E-state index in [-0.39, 0.29) is 0 Å². The van der Waals surface area contributed by atoms with E-state index in [1.165, 1.54) is 54.8 Å². The van der Waals surface area contributed by atoms with E-state index in [0.29, 0.717) is 0 Å². The summed E-state index contributed by atoms with van der Waals surface area (Å²) >= 11 is 0. The first-order valence-corrected chi connectivity index (χ1v) is 9.72. The van der Waals surface area contributed by atoms with Crippen molar-refractivity contribution in [3.05, 3.63) is 83.9 Å². The number of benzene rings is 4. The lowest BCUT2D eigenvalue weighted by molar-refractivity contribution is 1.43. The SMILES string of the molecule is CC.Cc1cc2[nH]c3ccccc3c2cc1-c1ccc2ccccc2c1C. The Bertz CT molecular complexity index is 1260. The molecule has 5 aromatic rings. The van der Waals surface area contributed by atoms with Gasteiger partial charge in [0.15, 0.2) is 0 Å². The zero-order valence-electron chi connectivity index (χ0n) is 16.4. The number of hydrogen-bond donors (Lipinski definition) is 1. The lowest BCUT2D eigenvalue weighted by atomic mass is 9.91. The van der Waals surface area contributed by atoms with Crippen molar-refractivity contribution in [2.45, 2.75) is 27.7 Å². The molecule has 1 aromatic heterocycles. The van der Waals surface area contributed by atoms with Gasteiger partial charge in [0.25, 0.3) is 0 Å². The van der Waals surface area contributed by atoms with E-state index in [4.69, 9.17) is 0 Å². The Balaban J connectivity index is 0.000000872. The molecule has 27 heavy (non-hydrogen) atoms. The summed E-state index contributed by atoms with van der Waals surface area (Å²) in [5, 5.41) is 5.22. The van der Waals surface area contributed by atoms with E-state index in [0.717, 1.165) is 0 Å². The van der Waals surface area contributed by atoms with Crippen LogP contribution >= 0.6 is 0 Å². The van der Waals surface area contributed by atoms with Gasteiger partial charge in [0, 0.05) is 21.8 Å². The van der Waals surface area contributed by atoms with Gasteiger partial charge in [-0.05, 0) is 65.1 Å². The maximum Gasteiger partial charge on any atom is 0.0467 e. The quantitative estimate of drug-likeness (QED) is 0.317. The number of para-hydroxylation sites is 1. The molecule has 0 bridgehead atoms. The molecule has 0 saturated carbocycles. The van der Waals surface area contributed by atoms with E-state index in [2.05, 4.69) is 91.6 Å². The Kier molecular flexibility index (Phi) is 4.45. The molecule has 1 N–H and O–H groups in total. The van der Waals surface area contributed by atoms with Crippen LogP contribution in [-0.2, 0) is 0 Å². The summed E-state index contributed by atoms with van der Waals surface area (Å²) in [6, 6.07) is 26.3. The second kappa shape index (κ2) is 6.92. The minimum absolute atomic E-state index is 1.20. The van der Waals surface area contributed by atoms with Crippen molar-refractivity contribution in [2.75, 3.05) is 0 Å². The van der Waals surface area contributed by atoms with Crippen molar-refractivity contribution < 1.29 is 0 Å². The Morgan fingerprint density at radius 2 is 1.30 bits per heavy atom. The van der Waals surface area contributed by atoms with Crippen LogP contribution in [0.15, 0.2) is 72.8 Å². The second-order valence-corrected chi connectivity index (χ2v) is 6.84. The fraction of sp³-hybridized carbons (Fsp3) is 0.154. The van der Waals surface area contributed by atoms with E-state index in [1.54, 1.807) is 0 Å². The molecule has 0 unspecified atom stereocenters. The summed E-state index contributed by atoms with van der Waals surface area (Å²) < 4.78 is 0. The lowest BCUT2D eigenvalue weighted by Crippen LogP contribution is -1.89. The highest BCUT2D eigenvalue weighted by molar-refractivity contribution is 6.09. The van der Waals surface area contributed by atoms with Gasteiger partial charge in [-0.15, -0.1) is 0 Å². The third-order valence-corrected chi connectivity index (χ3v) is 5.34. The van der Waals surface area contributed by atoms with Gasteiger partial charge in [0.2, 0.25) is 0 Å². The predicted molar refractivity (Wildman–Crippen MR) is 120 cm³/mol. The first-order chi connectivity index (χ1) is 13.2. The molecule has 5 rings (SSSR count). The van der Waals surface area contributed by atoms with Crippen LogP contribution in [0.5, 0.6) is 0 Å². The maximum absolute atomic E-state index is 3.54. The van der Waals surface area contributed by atoms with Crippen LogP contribution in [-0.4, -0.2) is 4.98 Å². The molecule has 1 heteroatoms. The molecule has 134 valence electrons. The van der Waals surface area contributed by atoms with Gasteiger partial charge in [-0.1, -0.05) is 68.4 Å². The van der Waals surface area contributed by atoms with Crippen LogP contribution in [0, 0.1) is 13.8 Å². The second-order valence-electron chi connectivity index (χ2n) is 6.84. The molecule has 0 fully saturated rings. The van der Waals surface area contributed by atoms with Gasteiger partial charge in [0.05, 0.1) is 0 Å². The molecule has 1 nitrogen and oxygen atoms in total. The summed E-state index contributed by atoms with van der Waals surface area (Å²) in [6.45, 7) is 8.44. The predicted octanol–water partition coefficient (Wildman–Crippen LogP) is 7.78. The number of hydrogen-bond acceptors (Lipinski definition) is 0. The van der Waals surface area contributed by atoms with Crippen molar-refractivity contribution in [1.82, 2.24) is 4.98 Å². The van der Waals surface area contributed by atoms with Gasteiger partial charge in [0.1, 0.15) is 0 Å². The number of rotatable bonds is 1. The van der Waals surface area contributed by atoms with Crippen LogP contribution in [0.2, 0.25) is 0 Å². The Morgan fingerprint density at radius 1 is 0.593 bits per heavy atom.